The highest BCUT2D eigenvalue weighted by atomic mass is 16.3. The zero-order chi connectivity index (χ0) is 19.5. The van der Waals surface area contributed by atoms with Gasteiger partial charge in [0.05, 0.1) is 6.54 Å². The fourth-order valence-electron chi connectivity index (χ4n) is 4.14. The zero-order valence-corrected chi connectivity index (χ0v) is 16.1. The number of carbonyl (C=O) groups is 2. The van der Waals surface area contributed by atoms with E-state index in [1.165, 1.54) is 0 Å². The van der Waals surface area contributed by atoms with Gasteiger partial charge in [-0.1, -0.05) is 18.2 Å². The van der Waals surface area contributed by atoms with Crippen LogP contribution in [0.3, 0.4) is 0 Å². The number of benzene rings is 1. The van der Waals surface area contributed by atoms with Crippen molar-refractivity contribution in [1.82, 2.24) is 19.7 Å². The molecule has 2 aliphatic rings. The summed E-state index contributed by atoms with van der Waals surface area (Å²) in [5, 5.41) is 10.3. The lowest BCUT2D eigenvalue weighted by molar-refractivity contribution is -0.134. The standard InChI is InChI=1S/C21H28N4O3/c26-15-16-5-7-23(8-6-16)14-20(27)24-9-11-25(12-10-24)21(28)19-13-17-3-1-2-4-18(17)22-19/h1-4,13,16,22,26H,5-12,14-15H2. The Morgan fingerprint density at radius 3 is 2.36 bits per heavy atom. The molecule has 2 amide bonds. The maximum Gasteiger partial charge on any atom is 0.270 e. The van der Waals surface area contributed by atoms with E-state index >= 15 is 0 Å². The molecule has 2 aliphatic heterocycles. The van der Waals surface area contributed by atoms with Crippen LogP contribution in [0, 0.1) is 5.92 Å². The molecule has 150 valence electrons. The fraction of sp³-hybridized carbons (Fsp3) is 0.524. The van der Waals surface area contributed by atoms with E-state index in [4.69, 9.17) is 0 Å². The van der Waals surface area contributed by atoms with Crippen LogP contribution in [0.4, 0.5) is 0 Å². The number of aliphatic hydroxyl groups excluding tert-OH is 1. The molecular formula is C21H28N4O3. The molecule has 0 bridgehead atoms. The molecular weight excluding hydrogens is 356 g/mol. The van der Waals surface area contributed by atoms with Crippen LogP contribution in [0.25, 0.3) is 10.9 Å². The van der Waals surface area contributed by atoms with Crippen LogP contribution in [-0.2, 0) is 4.79 Å². The third-order valence-electron chi connectivity index (χ3n) is 6.00. The van der Waals surface area contributed by atoms with Crippen molar-refractivity contribution in [3.63, 3.8) is 0 Å². The van der Waals surface area contributed by atoms with Crippen LogP contribution in [-0.4, -0.2) is 89.0 Å². The molecule has 2 fully saturated rings. The van der Waals surface area contributed by atoms with Gasteiger partial charge in [-0.25, -0.2) is 0 Å². The monoisotopic (exact) mass is 384 g/mol. The number of aromatic amines is 1. The molecule has 2 aromatic rings. The van der Waals surface area contributed by atoms with Crippen molar-refractivity contribution in [2.75, 3.05) is 52.4 Å². The fourth-order valence-corrected chi connectivity index (χ4v) is 4.14. The Morgan fingerprint density at radius 2 is 1.68 bits per heavy atom. The van der Waals surface area contributed by atoms with Gasteiger partial charge >= 0.3 is 0 Å². The van der Waals surface area contributed by atoms with Gasteiger partial charge in [0.1, 0.15) is 5.69 Å². The second-order valence-corrected chi connectivity index (χ2v) is 7.85. The summed E-state index contributed by atoms with van der Waals surface area (Å²) in [4.78, 5) is 34.4. The largest absolute Gasteiger partial charge is 0.396 e. The van der Waals surface area contributed by atoms with Crippen LogP contribution in [0.15, 0.2) is 30.3 Å². The molecule has 1 aromatic carbocycles. The minimum absolute atomic E-state index is 0.00521. The SMILES string of the molecule is O=C(CN1CCC(CO)CC1)N1CCN(C(=O)c2cc3ccccc3[nH]2)CC1. The van der Waals surface area contributed by atoms with Crippen molar-refractivity contribution in [1.29, 1.82) is 0 Å². The summed E-state index contributed by atoms with van der Waals surface area (Å²) >= 11 is 0. The number of hydrogen-bond donors (Lipinski definition) is 2. The Bertz CT molecular complexity index is 800. The third-order valence-corrected chi connectivity index (χ3v) is 6.00. The minimum Gasteiger partial charge on any atom is -0.396 e. The van der Waals surface area contributed by atoms with E-state index in [0.717, 1.165) is 36.8 Å². The Hall–Kier alpha value is -2.38. The quantitative estimate of drug-likeness (QED) is 0.829. The van der Waals surface area contributed by atoms with Crippen molar-refractivity contribution in [2.45, 2.75) is 12.8 Å². The lowest BCUT2D eigenvalue weighted by Gasteiger charge is -2.37. The van der Waals surface area contributed by atoms with Gasteiger partial charge in [0.15, 0.2) is 0 Å². The summed E-state index contributed by atoms with van der Waals surface area (Å²) < 4.78 is 0. The number of carbonyl (C=O) groups excluding carboxylic acids is 2. The summed E-state index contributed by atoms with van der Waals surface area (Å²) in [6.07, 6.45) is 1.91. The van der Waals surface area contributed by atoms with Gasteiger partial charge in [0, 0.05) is 43.7 Å². The maximum atomic E-state index is 12.8. The number of aliphatic hydroxyl groups is 1. The number of hydrogen-bond acceptors (Lipinski definition) is 4. The van der Waals surface area contributed by atoms with Crippen LogP contribution < -0.4 is 0 Å². The lowest BCUT2D eigenvalue weighted by Crippen LogP contribution is -2.53. The summed E-state index contributed by atoms with van der Waals surface area (Å²) in [5.41, 5.74) is 1.57. The van der Waals surface area contributed by atoms with E-state index in [9.17, 15) is 14.7 Å². The molecule has 0 unspecified atom stereocenters. The molecule has 0 radical (unpaired) electrons. The van der Waals surface area contributed by atoms with Crippen molar-refractivity contribution < 1.29 is 14.7 Å². The first kappa shape index (κ1) is 19.0. The second-order valence-electron chi connectivity index (χ2n) is 7.85. The Balaban J connectivity index is 1.28. The zero-order valence-electron chi connectivity index (χ0n) is 16.1. The highest BCUT2D eigenvalue weighted by molar-refractivity contribution is 5.98. The molecule has 1 aromatic heterocycles. The van der Waals surface area contributed by atoms with Gasteiger partial charge in [-0.3, -0.25) is 14.5 Å². The van der Waals surface area contributed by atoms with Gasteiger partial charge in [-0.05, 0) is 44.0 Å². The smallest absolute Gasteiger partial charge is 0.270 e. The highest BCUT2D eigenvalue weighted by Crippen LogP contribution is 2.18. The van der Waals surface area contributed by atoms with Crippen LogP contribution in [0.1, 0.15) is 23.3 Å². The summed E-state index contributed by atoms with van der Waals surface area (Å²) in [6, 6.07) is 9.75. The van der Waals surface area contributed by atoms with Gasteiger partial charge in [-0.15, -0.1) is 0 Å². The average molecular weight is 384 g/mol. The van der Waals surface area contributed by atoms with Crippen LogP contribution in [0.2, 0.25) is 0 Å². The van der Waals surface area contributed by atoms with E-state index < -0.39 is 0 Å². The molecule has 28 heavy (non-hydrogen) atoms. The maximum absolute atomic E-state index is 12.8. The van der Waals surface area contributed by atoms with Crippen molar-refractivity contribution in [2.24, 2.45) is 5.92 Å². The first-order valence-electron chi connectivity index (χ1n) is 10.1. The Kier molecular flexibility index (Phi) is 5.64. The van der Waals surface area contributed by atoms with Crippen LogP contribution >= 0.6 is 0 Å². The number of piperidine rings is 1. The number of nitrogens with zero attached hydrogens (tertiary/aromatic N) is 3. The number of fused-ring (bicyclic) bond motifs is 1. The minimum atomic E-state index is -0.00521. The van der Waals surface area contributed by atoms with Gasteiger partial charge in [0.25, 0.3) is 5.91 Å². The molecule has 2 N–H and O–H groups in total. The second kappa shape index (κ2) is 8.32. The van der Waals surface area contributed by atoms with E-state index in [2.05, 4.69) is 9.88 Å². The van der Waals surface area contributed by atoms with Gasteiger partial charge in [0.2, 0.25) is 5.91 Å². The van der Waals surface area contributed by atoms with Crippen molar-refractivity contribution in [3.8, 4) is 0 Å². The van der Waals surface area contributed by atoms with E-state index in [1.807, 2.05) is 40.1 Å². The summed E-state index contributed by atoms with van der Waals surface area (Å²) in [5.74, 6) is 0.514. The molecule has 7 nitrogen and oxygen atoms in total. The molecule has 2 saturated heterocycles. The van der Waals surface area contributed by atoms with E-state index in [-0.39, 0.29) is 18.4 Å². The predicted octanol–water partition coefficient (Wildman–Crippen LogP) is 1.16. The summed E-state index contributed by atoms with van der Waals surface area (Å²) in [6.45, 7) is 4.71. The van der Waals surface area contributed by atoms with E-state index in [1.54, 1.807) is 0 Å². The molecule has 0 spiro atoms. The number of amides is 2. The summed E-state index contributed by atoms with van der Waals surface area (Å²) in [7, 11) is 0. The first-order chi connectivity index (χ1) is 13.6. The number of piperazine rings is 1. The number of likely N-dealkylation sites (tertiary alicyclic amines) is 1. The Labute approximate surface area is 164 Å². The number of rotatable bonds is 4. The normalized spacial score (nSPS) is 19.3. The molecule has 4 rings (SSSR count). The molecule has 7 heteroatoms. The Morgan fingerprint density at radius 1 is 1.00 bits per heavy atom. The van der Waals surface area contributed by atoms with Gasteiger partial charge < -0.3 is 19.9 Å². The van der Waals surface area contributed by atoms with Gasteiger partial charge in [-0.2, -0.15) is 0 Å². The topological polar surface area (TPSA) is 79.9 Å². The number of nitrogens with one attached hydrogen (secondary N) is 1. The lowest BCUT2D eigenvalue weighted by atomic mass is 9.98. The predicted molar refractivity (Wildman–Crippen MR) is 107 cm³/mol. The molecule has 0 saturated carbocycles. The average Bonchev–Trinajstić information content (AvgIpc) is 3.18. The van der Waals surface area contributed by atoms with Crippen molar-refractivity contribution in [3.05, 3.63) is 36.0 Å². The molecule has 3 heterocycles. The van der Waals surface area contributed by atoms with E-state index in [0.29, 0.717) is 44.3 Å². The number of H-pyrrole nitrogens is 1. The first-order valence-corrected chi connectivity index (χ1v) is 10.1. The van der Waals surface area contributed by atoms with Crippen LogP contribution in [0.5, 0.6) is 0 Å². The number of para-hydroxylation sites is 1. The molecule has 0 atom stereocenters. The third kappa shape index (κ3) is 4.05. The van der Waals surface area contributed by atoms with Crippen molar-refractivity contribution >= 4 is 22.7 Å². The highest BCUT2D eigenvalue weighted by Gasteiger charge is 2.27. The molecule has 0 aliphatic carbocycles. The number of aromatic nitrogens is 1.